The van der Waals surface area contributed by atoms with Gasteiger partial charge in [0, 0.05) is 45.0 Å². The van der Waals surface area contributed by atoms with Crippen molar-refractivity contribution < 1.29 is 9.53 Å². The maximum absolute atomic E-state index is 11.6. The summed E-state index contributed by atoms with van der Waals surface area (Å²) in [6.07, 6.45) is 1.42. The quantitative estimate of drug-likeness (QED) is 0.388. The molecular weight excluding hydrogens is 332 g/mol. The maximum Gasteiger partial charge on any atom is 0.407 e. The summed E-state index contributed by atoms with van der Waals surface area (Å²) in [5.74, 6) is 0.684. The van der Waals surface area contributed by atoms with Gasteiger partial charge in [-0.05, 0) is 33.6 Å². The minimum absolute atomic E-state index is 0.419. The fourth-order valence-corrected chi connectivity index (χ4v) is 2.65. The summed E-state index contributed by atoms with van der Waals surface area (Å²) in [4.78, 5) is 15.8. The average molecular weight is 367 g/mol. The molecule has 0 aliphatic heterocycles. The number of alkyl carbamates (subject to hydrolysis) is 1. The molecular formula is C18H34N6O2. The molecule has 0 atom stereocenters. The number of aliphatic imine (C=N–C) groups is 1. The molecule has 1 aromatic rings. The first kappa shape index (κ1) is 21.8. The van der Waals surface area contributed by atoms with Gasteiger partial charge in [-0.3, -0.25) is 9.67 Å². The van der Waals surface area contributed by atoms with Crippen molar-refractivity contribution in [2.75, 3.05) is 20.1 Å². The Balaban J connectivity index is 2.46. The van der Waals surface area contributed by atoms with Crippen molar-refractivity contribution in [1.82, 2.24) is 25.7 Å². The first-order valence-electron chi connectivity index (χ1n) is 9.16. The third-order valence-corrected chi connectivity index (χ3v) is 3.77. The molecule has 0 aliphatic rings. The zero-order chi connectivity index (χ0) is 19.7. The molecule has 1 rings (SSSR count). The number of amides is 1. The van der Waals surface area contributed by atoms with Gasteiger partial charge in [0.2, 0.25) is 0 Å². The van der Waals surface area contributed by atoms with E-state index < -0.39 is 11.7 Å². The smallest absolute Gasteiger partial charge is 0.407 e. The summed E-state index contributed by atoms with van der Waals surface area (Å²) < 4.78 is 7.15. The summed E-state index contributed by atoms with van der Waals surface area (Å²) in [5, 5.41) is 13.8. The zero-order valence-corrected chi connectivity index (χ0v) is 17.2. The van der Waals surface area contributed by atoms with Crippen molar-refractivity contribution in [2.24, 2.45) is 12.0 Å². The fraction of sp³-hybridized carbons (Fsp3) is 0.722. The number of aryl methyl sites for hydroxylation is 2. The Morgan fingerprint density at radius 1 is 1.15 bits per heavy atom. The van der Waals surface area contributed by atoms with Crippen LogP contribution in [0.1, 0.15) is 51.6 Å². The lowest BCUT2D eigenvalue weighted by Crippen LogP contribution is -2.42. The van der Waals surface area contributed by atoms with Crippen LogP contribution in [0.25, 0.3) is 0 Å². The summed E-state index contributed by atoms with van der Waals surface area (Å²) >= 11 is 0. The van der Waals surface area contributed by atoms with E-state index >= 15 is 0 Å². The van der Waals surface area contributed by atoms with E-state index in [1.807, 2.05) is 32.5 Å². The largest absolute Gasteiger partial charge is 0.444 e. The van der Waals surface area contributed by atoms with Crippen LogP contribution in [0.15, 0.2) is 4.99 Å². The SMILES string of the molecule is CCc1nn(C)c(CC)c1CNC(=NC)NCCNC(=O)OC(C)(C)C. The van der Waals surface area contributed by atoms with Gasteiger partial charge in [0.05, 0.1) is 5.69 Å². The molecule has 0 saturated heterocycles. The number of carbonyl (C=O) groups is 1. The van der Waals surface area contributed by atoms with E-state index in [1.54, 1.807) is 7.05 Å². The van der Waals surface area contributed by atoms with Gasteiger partial charge < -0.3 is 20.7 Å². The van der Waals surface area contributed by atoms with Gasteiger partial charge in [-0.25, -0.2) is 4.79 Å². The van der Waals surface area contributed by atoms with E-state index in [0.29, 0.717) is 25.6 Å². The van der Waals surface area contributed by atoms with Crippen molar-refractivity contribution in [3.05, 3.63) is 17.0 Å². The summed E-state index contributed by atoms with van der Waals surface area (Å²) in [5.41, 5.74) is 3.08. The predicted octanol–water partition coefficient (Wildman–Crippen LogP) is 1.73. The van der Waals surface area contributed by atoms with E-state index in [-0.39, 0.29) is 0 Å². The van der Waals surface area contributed by atoms with Crippen molar-refractivity contribution >= 4 is 12.1 Å². The van der Waals surface area contributed by atoms with Gasteiger partial charge in [0.25, 0.3) is 0 Å². The molecule has 1 aromatic heterocycles. The number of nitrogens with zero attached hydrogens (tertiary/aromatic N) is 3. The number of carbonyl (C=O) groups excluding carboxylic acids is 1. The molecule has 1 heterocycles. The Bertz CT molecular complexity index is 616. The predicted molar refractivity (Wildman–Crippen MR) is 104 cm³/mol. The second-order valence-corrected chi connectivity index (χ2v) is 6.98. The fourth-order valence-electron chi connectivity index (χ4n) is 2.65. The van der Waals surface area contributed by atoms with Crippen LogP contribution >= 0.6 is 0 Å². The van der Waals surface area contributed by atoms with Crippen LogP contribution in [-0.2, 0) is 31.2 Å². The second kappa shape index (κ2) is 10.0. The van der Waals surface area contributed by atoms with Crippen molar-refractivity contribution in [3.8, 4) is 0 Å². The van der Waals surface area contributed by atoms with Gasteiger partial charge in [-0.2, -0.15) is 5.10 Å². The van der Waals surface area contributed by atoms with Gasteiger partial charge in [0.15, 0.2) is 5.96 Å². The van der Waals surface area contributed by atoms with E-state index in [1.165, 1.54) is 11.3 Å². The highest BCUT2D eigenvalue weighted by atomic mass is 16.6. The molecule has 8 nitrogen and oxygen atoms in total. The Labute approximate surface area is 156 Å². The summed E-state index contributed by atoms with van der Waals surface area (Å²) in [6, 6.07) is 0. The number of ether oxygens (including phenoxy) is 1. The lowest BCUT2D eigenvalue weighted by Gasteiger charge is -2.20. The molecule has 3 N–H and O–H groups in total. The molecule has 0 saturated carbocycles. The van der Waals surface area contributed by atoms with Crippen LogP contribution < -0.4 is 16.0 Å². The molecule has 0 unspecified atom stereocenters. The minimum atomic E-state index is -0.493. The monoisotopic (exact) mass is 366 g/mol. The Hall–Kier alpha value is -2.25. The van der Waals surface area contributed by atoms with Gasteiger partial charge >= 0.3 is 6.09 Å². The third kappa shape index (κ3) is 6.93. The van der Waals surface area contributed by atoms with Crippen molar-refractivity contribution in [2.45, 2.75) is 59.6 Å². The molecule has 0 aliphatic carbocycles. The third-order valence-electron chi connectivity index (χ3n) is 3.77. The minimum Gasteiger partial charge on any atom is -0.444 e. The zero-order valence-electron chi connectivity index (χ0n) is 17.2. The number of aromatic nitrogens is 2. The van der Waals surface area contributed by atoms with Crippen LogP contribution in [0.5, 0.6) is 0 Å². The van der Waals surface area contributed by atoms with Gasteiger partial charge in [0.1, 0.15) is 5.60 Å². The highest BCUT2D eigenvalue weighted by Gasteiger charge is 2.16. The summed E-state index contributed by atoms with van der Waals surface area (Å²) in [6.45, 7) is 11.4. The number of hydrogen-bond acceptors (Lipinski definition) is 4. The molecule has 148 valence electrons. The van der Waals surface area contributed by atoms with Crippen LogP contribution in [0.2, 0.25) is 0 Å². The van der Waals surface area contributed by atoms with E-state index in [0.717, 1.165) is 18.5 Å². The Morgan fingerprint density at radius 2 is 1.81 bits per heavy atom. The highest BCUT2D eigenvalue weighted by Crippen LogP contribution is 2.15. The topological polar surface area (TPSA) is 92.6 Å². The molecule has 0 spiro atoms. The number of guanidine groups is 1. The molecule has 8 heteroatoms. The number of nitrogens with one attached hydrogen (secondary N) is 3. The van der Waals surface area contributed by atoms with Crippen molar-refractivity contribution in [3.63, 3.8) is 0 Å². The van der Waals surface area contributed by atoms with Crippen LogP contribution in [0.3, 0.4) is 0 Å². The molecule has 0 aromatic carbocycles. The number of rotatable bonds is 7. The van der Waals surface area contributed by atoms with E-state index in [9.17, 15) is 4.79 Å². The van der Waals surface area contributed by atoms with Gasteiger partial charge in [-0.15, -0.1) is 0 Å². The Kier molecular flexibility index (Phi) is 8.41. The Morgan fingerprint density at radius 3 is 2.35 bits per heavy atom. The van der Waals surface area contributed by atoms with Crippen LogP contribution in [0.4, 0.5) is 4.79 Å². The van der Waals surface area contributed by atoms with E-state index in [2.05, 4.69) is 39.9 Å². The van der Waals surface area contributed by atoms with Crippen molar-refractivity contribution in [1.29, 1.82) is 0 Å². The molecule has 1 amide bonds. The second-order valence-electron chi connectivity index (χ2n) is 6.98. The van der Waals surface area contributed by atoms with Crippen LogP contribution in [-0.4, -0.2) is 47.6 Å². The van der Waals surface area contributed by atoms with E-state index in [4.69, 9.17) is 4.74 Å². The standard InChI is InChI=1S/C18H34N6O2/c1-8-14-13(15(9-2)24(7)23-14)12-22-16(19-6)20-10-11-21-17(25)26-18(3,4)5/h8-12H2,1-7H3,(H,21,25)(H2,19,20,22). The molecule has 0 radical (unpaired) electrons. The number of hydrogen-bond donors (Lipinski definition) is 3. The van der Waals surface area contributed by atoms with Crippen LogP contribution in [0, 0.1) is 0 Å². The molecule has 0 fully saturated rings. The first-order valence-corrected chi connectivity index (χ1v) is 9.16. The lowest BCUT2D eigenvalue weighted by molar-refractivity contribution is 0.0529. The first-order chi connectivity index (χ1) is 12.2. The molecule has 0 bridgehead atoms. The average Bonchev–Trinajstić information content (AvgIpc) is 2.87. The summed E-state index contributed by atoms with van der Waals surface area (Å²) in [7, 11) is 3.71. The lowest BCUT2D eigenvalue weighted by atomic mass is 10.1. The normalized spacial score (nSPS) is 12.0. The van der Waals surface area contributed by atoms with Gasteiger partial charge in [-0.1, -0.05) is 13.8 Å². The maximum atomic E-state index is 11.6. The highest BCUT2D eigenvalue weighted by molar-refractivity contribution is 5.79. The molecule has 26 heavy (non-hydrogen) atoms.